The van der Waals surface area contributed by atoms with Crippen molar-refractivity contribution in [2.75, 3.05) is 6.61 Å². The van der Waals surface area contributed by atoms with Crippen LogP contribution in [-0.2, 0) is 6.42 Å². The van der Waals surface area contributed by atoms with E-state index in [1.807, 2.05) is 24.3 Å². The van der Waals surface area contributed by atoms with Crippen LogP contribution in [0.25, 0.3) is 0 Å². The van der Waals surface area contributed by atoms with Crippen LogP contribution in [0.4, 0.5) is 0 Å². The molecule has 1 rings (SSSR count). The third-order valence-electron chi connectivity index (χ3n) is 1.83. The Morgan fingerprint density at radius 3 is 2.93 bits per heavy atom. The fourth-order valence-corrected chi connectivity index (χ4v) is 1.17. The molecule has 0 fully saturated rings. The van der Waals surface area contributed by atoms with Crippen molar-refractivity contribution in [1.82, 2.24) is 0 Å². The van der Waals surface area contributed by atoms with Crippen LogP contribution < -0.4 is 10.5 Å². The van der Waals surface area contributed by atoms with Gasteiger partial charge in [0.25, 0.3) is 0 Å². The first-order valence-electron chi connectivity index (χ1n) is 4.56. The maximum atomic E-state index is 8.47. The Kier molecular flexibility index (Phi) is 4.22. The summed E-state index contributed by atoms with van der Waals surface area (Å²) >= 11 is 0. The van der Waals surface area contributed by atoms with Crippen molar-refractivity contribution in [2.24, 2.45) is 10.9 Å². The molecule has 4 heteroatoms. The summed E-state index contributed by atoms with van der Waals surface area (Å²) in [7, 11) is 0. The van der Waals surface area contributed by atoms with Crippen molar-refractivity contribution < 1.29 is 9.94 Å². The van der Waals surface area contributed by atoms with Gasteiger partial charge in [-0.2, -0.15) is 0 Å². The maximum absolute atomic E-state index is 8.47. The molecule has 0 saturated heterocycles. The third-order valence-corrected chi connectivity index (χ3v) is 1.83. The molecule has 0 spiro atoms. The number of amidine groups is 1. The number of hydrogen-bond acceptors (Lipinski definition) is 3. The Hall–Kier alpha value is -1.97. The van der Waals surface area contributed by atoms with Crippen molar-refractivity contribution in [3.8, 4) is 5.75 Å². The first kappa shape index (κ1) is 11.1. The predicted octanol–water partition coefficient (Wildman–Crippen LogP) is 1.54. The molecular formula is C11H14N2O2. The summed E-state index contributed by atoms with van der Waals surface area (Å²) in [5.41, 5.74) is 6.31. The molecule has 80 valence electrons. The lowest BCUT2D eigenvalue weighted by Gasteiger charge is -2.08. The van der Waals surface area contributed by atoms with Crippen LogP contribution in [0.3, 0.4) is 0 Å². The highest BCUT2D eigenvalue weighted by Gasteiger charge is 2.04. The molecule has 0 bridgehead atoms. The summed E-state index contributed by atoms with van der Waals surface area (Å²) < 4.78 is 5.42. The van der Waals surface area contributed by atoms with Crippen molar-refractivity contribution in [1.29, 1.82) is 0 Å². The maximum Gasteiger partial charge on any atom is 0.143 e. The first-order chi connectivity index (χ1) is 7.27. The fourth-order valence-electron chi connectivity index (χ4n) is 1.17. The molecule has 0 aliphatic heterocycles. The number of nitrogens with zero attached hydrogens (tertiary/aromatic N) is 1. The van der Waals surface area contributed by atoms with Crippen molar-refractivity contribution in [2.45, 2.75) is 6.42 Å². The van der Waals surface area contributed by atoms with E-state index in [1.165, 1.54) is 0 Å². The number of nitrogens with two attached hydrogens (primary N) is 1. The monoisotopic (exact) mass is 206 g/mol. The topological polar surface area (TPSA) is 67.8 Å². The largest absolute Gasteiger partial charge is 0.489 e. The Labute approximate surface area is 88.7 Å². The third kappa shape index (κ3) is 3.34. The number of ether oxygens (including phenoxy) is 1. The molecule has 0 saturated carbocycles. The molecule has 1 aromatic carbocycles. The van der Waals surface area contributed by atoms with E-state index in [4.69, 9.17) is 15.7 Å². The zero-order chi connectivity index (χ0) is 11.1. The summed E-state index contributed by atoms with van der Waals surface area (Å²) in [6.45, 7) is 4.01. The average Bonchev–Trinajstić information content (AvgIpc) is 2.28. The summed E-state index contributed by atoms with van der Waals surface area (Å²) in [6, 6.07) is 7.45. The summed E-state index contributed by atoms with van der Waals surface area (Å²) in [6.07, 6.45) is 2.03. The van der Waals surface area contributed by atoms with E-state index in [0.29, 0.717) is 13.0 Å². The minimum atomic E-state index is 0.157. The number of benzene rings is 1. The Bertz CT molecular complexity index is 361. The molecule has 0 aliphatic rings. The second-order valence-corrected chi connectivity index (χ2v) is 2.98. The van der Waals surface area contributed by atoms with E-state index < -0.39 is 0 Å². The normalized spacial score (nSPS) is 11.1. The molecule has 0 radical (unpaired) electrons. The number of oxime groups is 1. The smallest absolute Gasteiger partial charge is 0.143 e. The Morgan fingerprint density at radius 2 is 2.27 bits per heavy atom. The molecular weight excluding hydrogens is 192 g/mol. The SMILES string of the molecule is C=CCOc1ccccc1CC(N)=NO. The Balaban J connectivity index is 2.81. The second kappa shape index (κ2) is 5.70. The first-order valence-corrected chi connectivity index (χ1v) is 4.56. The molecule has 3 N–H and O–H groups in total. The predicted molar refractivity (Wildman–Crippen MR) is 59.2 cm³/mol. The number of hydrogen-bond donors (Lipinski definition) is 2. The highest BCUT2D eigenvalue weighted by atomic mass is 16.5. The van der Waals surface area contributed by atoms with E-state index in [9.17, 15) is 0 Å². The minimum Gasteiger partial charge on any atom is -0.489 e. The molecule has 15 heavy (non-hydrogen) atoms. The van der Waals surface area contributed by atoms with Gasteiger partial charge in [-0.25, -0.2) is 0 Å². The zero-order valence-corrected chi connectivity index (χ0v) is 8.39. The lowest BCUT2D eigenvalue weighted by Crippen LogP contribution is -2.15. The van der Waals surface area contributed by atoms with Crippen LogP contribution in [-0.4, -0.2) is 17.6 Å². The standard InChI is InChI=1S/C11H14N2O2/c1-2-7-15-10-6-4-3-5-9(10)8-11(12)13-14/h2-6,14H,1,7-8H2,(H2,12,13). The van der Waals surface area contributed by atoms with Crippen LogP contribution in [0.2, 0.25) is 0 Å². The van der Waals surface area contributed by atoms with E-state index in [2.05, 4.69) is 11.7 Å². The van der Waals surface area contributed by atoms with E-state index in [-0.39, 0.29) is 5.84 Å². The van der Waals surface area contributed by atoms with E-state index >= 15 is 0 Å². The van der Waals surface area contributed by atoms with Gasteiger partial charge in [0.2, 0.25) is 0 Å². The number of para-hydroxylation sites is 1. The van der Waals surface area contributed by atoms with Crippen LogP contribution >= 0.6 is 0 Å². The van der Waals surface area contributed by atoms with E-state index in [1.54, 1.807) is 6.08 Å². The van der Waals surface area contributed by atoms with Gasteiger partial charge in [0.05, 0.1) is 0 Å². The van der Waals surface area contributed by atoms with E-state index in [0.717, 1.165) is 11.3 Å². The molecule has 0 amide bonds. The highest BCUT2D eigenvalue weighted by Crippen LogP contribution is 2.18. The van der Waals surface area contributed by atoms with Gasteiger partial charge in [-0.1, -0.05) is 36.0 Å². The van der Waals surface area contributed by atoms with Gasteiger partial charge in [0.15, 0.2) is 0 Å². The van der Waals surface area contributed by atoms with Crippen LogP contribution in [0, 0.1) is 0 Å². The molecule has 0 aromatic heterocycles. The summed E-state index contributed by atoms with van der Waals surface area (Å²) in [5.74, 6) is 0.883. The highest BCUT2D eigenvalue weighted by molar-refractivity contribution is 5.82. The van der Waals surface area contributed by atoms with Gasteiger partial charge in [0, 0.05) is 12.0 Å². The molecule has 1 aromatic rings. The number of rotatable bonds is 5. The Morgan fingerprint density at radius 1 is 1.53 bits per heavy atom. The molecule has 0 aliphatic carbocycles. The van der Waals surface area contributed by atoms with Crippen molar-refractivity contribution in [3.63, 3.8) is 0 Å². The molecule has 0 heterocycles. The average molecular weight is 206 g/mol. The van der Waals surface area contributed by atoms with Crippen LogP contribution in [0.15, 0.2) is 42.1 Å². The van der Waals surface area contributed by atoms with Gasteiger partial charge in [-0.05, 0) is 6.07 Å². The van der Waals surface area contributed by atoms with Gasteiger partial charge >= 0.3 is 0 Å². The molecule has 4 nitrogen and oxygen atoms in total. The minimum absolute atomic E-state index is 0.157. The summed E-state index contributed by atoms with van der Waals surface area (Å²) in [5, 5.41) is 11.4. The molecule has 0 atom stereocenters. The van der Waals surface area contributed by atoms with Gasteiger partial charge in [-0.15, -0.1) is 0 Å². The fraction of sp³-hybridized carbons (Fsp3) is 0.182. The van der Waals surface area contributed by atoms with Crippen molar-refractivity contribution >= 4 is 5.84 Å². The second-order valence-electron chi connectivity index (χ2n) is 2.98. The lowest BCUT2D eigenvalue weighted by atomic mass is 10.1. The summed E-state index contributed by atoms with van der Waals surface area (Å²) in [4.78, 5) is 0. The van der Waals surface area contributed by atoms with Gasteiger partial charge < -0.3 is 15.7 Å². The zero-order valence-electron chi connectivity index (χ0n) is 8.39. The van der Waals surface area contributed by atoms with Gasteiger partial charge in [0.1, 0.15) is 18.2 Å². The quantitative estimate of drug-likeness (QED) is 0.252. The molecule has 0 unspecified atom stereocenters. The van der Waals surface area contributed by atoms with Crippen LogP contribution in [0.5, 0.6) is 5.75 Å². The van der Waals surface area contributed by atoms with Crippen molar-refractivity contribution in [3.05, 3.63) is 42.5 Å². The van der Waals surface area contributed by atoms with Crippen LogP contribution in [0.1, 0.15) is 5.56 Å². The lowest BCUT2D eigenvalue weighted by molar-refractivity contribution is 0.317. The van der Waals surface area contributed by atoms with Gasteiger partial charge in [-0.3, -0.25) is 0 Å².